The zero-order valence-corrected chi connectivity index (χ0v) is 27.2. The zero-order valence-electron chi connectivity index (χ0n) is 25.6. The normalized spacial score (nSPS) is 10.9. The van der Waals surface area contributed by atoms with Crippen molar-refractivity contribution in [3.8, 4) is 28.1 Å². The molecule has 0 saturated carbocycles. The van der Waals surface area contributed by atoms with Crippen molar-refractivity contribution < 1.29 is 19.4 Å². The van der Waals surface area contributed by atoms with E-state index >= 15 is 0 Å². The first-order valence-electron chi connectivity index (χ1n) is 14.5. The smallest absolute Gasteiger partial charge is 0.323 e. The van der Waals surface area contributed by atoms with Gasteiger partial charge < -0.3 is 30.7 Å². The van der Waals surface area contributed by atoms with Crippen LogP contribution in [0.25, 0.3) is 22.4 Å². The van der Waals surface area contributed by atoms with E-state index in [9.17, 15) is 19.5 Å². The molecule has 0 unspecified atom stereocenters. The minimum Gasteiger partial charge on any atom is -0.491 e. The predicted octanol–water partition coefficient (Wildman–Crippen LogP) is 5.00. The lowest BCUT2D eigenvalue weighted by Crippen LogP contribution is -2.29. The third kappa shape index (κ3) is 9.04. The van der Waals surface area contributed by atoms with Crippen LogP contribution in [0.15, 0.2) is 65.7 Å². The Morgan fingerprint density at radius 2 is 1.74 bits per heavy atom. The number of halogens is 2. The SMILES string of the molecule is CCn1nc(-c2cccc(-c3cc(OCCO)cc(C(=O)NCCCN(C)C)c3)c2)cc(NC(=O)Nc2c(Cl)cncc2Cl)c1=O. The van der Waals surface area contributed by atoms with Crippen molar-refractivity contribution in [2.45, 2.75) is 19.9 Å². The summed E-state index contributed by atoms with van der Waals surface area (Å²) in [6.45, 7) is 3.26. The number of rotatable bonds is 13. The second kappa shape index (κ2) is 16.2. The van der Waals surface area contributed by atoms with Crippen molar-refractivity contribution in [2.75, 3.05) is 51.0 Å². The van der Waals surface area contributed by atoms with E-state index in [-0.39, 0.29) is 47.1 Å². The summed E-state index contributed by atoms with van der Waals surface area (Å²) in [4.78, 5) is 44.9. The molecule has 0 aliphatic carbocycles. The Kier molecular flexibility index (Phi) is 12.1. The van der Waals surface area contributed by atoms with Crippen LogP contribution in [0.3, 0.4) is 0 Å². The van der Waals surface area contributed by atoms with Gasteiger partial charge in [0.05, 0.1) is 28.0 Å². The van der Waals surface area contributed by atoms with Gasteiger partial charge in [-0.25, -0.2) is 9.48 Å². The van der Waals surface area contributed by atoms with Crippen LogP contribution in [0.5, 0.6) is 5.75 Å². The number of aromatic nitrogens is 3. The number of pyridine rings is 1. The summed E-state index contributed by atoms with van der Waals surface area (Å²) in [5.41, 5.74) is 2.57. The minimum atomic E-state index is -0.729. The minimum absolute atomic E-state index is 0.0105. The quantitative estimate of drug-likeness (QED) is 0.146. The average Bonchev–Trinajstić information content (AvgIpc) is 3.04. The van der Waals surface area contributed by atoms with E-state index in [2.05, 4.69) is 26.0 Å². The molecule has 0 aliphatic rings. The molecular weight excluding hydrogens is 633 g/mol. The van der Waals surface area contributed by atoms with Crippen LogP contribution >= 0.6 is 23.2 Å². The Labute approximate surface area is 276 Å². The Bertz CT molecular complexity index is 1740. The molecule has 4 N–H and O–H groups in total. The molecular formula is C32H35Cl2N7O5. The summed E-state index contributed by atoms with van der Waals surface area (Å²) in [6.07, 6.45) is 3.47. The van der Waals surface area contributed by atoms with Crippen LogP contribution in [0.1, 0.15) is 23.7 Å². The van der Waals surface area contributed by atoms with Gasteiger partial charge in [-0.1, -0.05) is 41.4 Å². The van der Waals surface area contributed by atoms with Gasteiger partial charge in [-0.2, -0.15) is 5.10 Å². The molecule has 14 heteroatoms. The number of amides is 3. The molecule has 2 aromatic heterocycles. The lowest BCUT2D eigenvalue weighted by molar-refractivity contribution is 0.0951. The number of aryl methyl sites for hydroxylation is 1. The van der Waals surface area contributed by atoms with E-state index in [0.29, 0.717) is 34.7 Å². The van der Waals surface area contributed by atoms with Gasteiger partial charge in [0.15, 0.2) is 0 Å². The number of nitrogens with zero attached hydrogens (tertiary/aromatic N) is 4. The Morgan fingerprint density at radius 1 is 1.00 bits per heavy atom. The largest absolute Gasteiger partial charge is 0.491 e. The lowest BCUT2D eigenvalue weighted by Gasteiger charge is -2.14. The molecule has 2 heterocycles. The van der Waals surface area contributed by atoms with Gasteiger partial charge in [0.2, 0.25) is 0 Å². The van der Waals surface area contributed by atoms with E-state index in [1.807, 2.05) is 43.3 Å². The molecule has 2 aromatic carbocycles. The molecule has 4 aromatic rings. The van der Waals surface area contributed by atoms with E-state index in [0.717, 1.165) is 18.5 Å². The fraction of sp³-hybridized carbons (Fsp3) is 0.281. The molecule has 0 saturated heterocycles. The van der Waals surface area contributed by atoms with E-state index in [1.54, 1.807) is 25.1 Å². The van der Waals surface area contributed by atoms with Gasteiger partial charge in [-0.3, -0.25) is 14.6 Å². The fourth-order valence-electron chi connectivity index (χ4n) is 4.49. The molecule has 242 valence electrons. The fourth-order valence-corrected chi connectivity index (χ4v) is 4.94. The molecule has 0 spiro atoms. The first kappa shape index (κ1) is 34.4. The van der Waals surface area contributed by atoms with E-state index in [4.69, 9.17) is 27.9 Å². The second-order valence-electron chi connectivity index (χ2n) is 10.4. The van der Waals surface area contributed by atoms with Gasteiger partial charge in [-0.05, 0) is 75.4 Å². The second-order valence-corrected chi connectivity index (χ2v) is 11.2. The third-order valence-corrected chi connectivity index (χ3v) is 7.28. The predicted molar refractivity (Wildman–Crippen MR) is 180 cm³/mol. The van der Waals surface area contributed by atoms with Crippen LogP contribution < -0.4 is 26.2 Å². The van der Waals surface area contributed by atoms with Crippen LogP contribution in [0, 0.1) is 0 Å². The summed E-state index contributed by atoms with van der Waals surface area (Å²) < 4.78 is 6.92. The first-order chi connectivity index (χ1) is 22.1. The number of aliphatic hydroxyl groups is 1. The van der Waals surface area contributed by atoms with Gasteiger partial charge in [0.25, 0.3) is 11.5 Å². The van der Waals surface area contributed by atoms with Crippen molar-refractivity contribution in [1.29, 1.82) is 0 Å². The van der Waals surface area contributed by atoms with Gasteiger partial charge in [0, 0.05) is 36.6 Å². The number of hydrogen-bond acceptors (Lipinski definition) is 8. The maximum atomic E-state index is 13.1. The Morgan fingerprint density at radius 3 is 2.43 bits per heavy atom. The highest BCUT2D eigenvalue weighted by atomic mass is 35.5. The average molecular weight is 669 g/mol. The van der Waals surface area contributed by atoms with Crippen LogP contribution in [-0.4, -0.2) is 77.1 Å². The number of aliphatic hydroxyl groups excluding tert-OH is 1. The third-order valence-electron chi connectivity index (χ3n) is 6.70. The molecule has 0 radical (unpaired) electrons. The van der Waals surface area contributed by atoms with Crippen LogP contribution in [0.4, 0.5) is 16.2 Å². The number of nitrogens with one attached hydrogen (secondary N) is 3. The Hall–Kier alpha value is -4.49. The molecule has 0 bridgehead atoms. The molecule has 0 atom stereocenters. The summed E-state index contributed by atoms with van der Waals surface area (Å²) in [5.74, 6) is 0.186. The molecule has 0 fully saturated rings. The zero-order chi connectivity index (χ0) is 33.2. The van der Waals surface area contributed by atoms with Crippen molar-refractivity contribution in [3.63, 3.8) is 0 Å². The molecule has 46 heavy (non-hydrogen) atoms. The number of ether oxygens (including phenoxy) is 1. The highest BCUT2D eigenvalue weighted by Gasteiger charge is 2.16. The van der Waals surface area contributed by atoms with Crippen molar-refractivity contribution in [1.82, 2.24) is 25.0 Å². The van der Waals surface area contributed by atoms with E-state index in [1.165, 1.54) is 23.1 Å². The number of anilines is 2. The van der Waals surface area contributed by atoms with Crippen molar-refractivity contribution in [3.05, 3.63) is 86.9 Å². The maximum absolute atomic E-state index is 13.1. The number of hydrogen-bond donors (Lipinski definition) is 4. The highest BCUT2D eigenvalue weighted by molar-refractivity contribution is 6.39. The van der Waals surface area contributed by atoms with E-state index < -0.39 is 11.6 Å². The topological polar surface area (TPSA) is 151 Å². The lowest BCUT2D eigenvalue weighted by atomic mass is 9.99. The number of urea groups is 1. The van der Waals surface area contributed by atoms with Crippen molar-refractivity contribution in [2.24, 2.45) is 0 Å². The molecule has 0 aliphatic heterocycles. The summed E-state index contributed by atoms with van der Waals surface area (Å²) >= 11 is 12.2. The summed E-state index contributed by atoms with van der Waals surface area (Å²) in [6, 6.07) is 13.3. The first-order valence-corrected chi connectivity index (χ1v) is 15.3. The summed E-state index contributed by atoms with van der Waals surface area (Å²) in [7, 11) is 3.95. The molecule has 12 nitrogen and oxygen atoms in total. The Balaban J connectivity index is 1.65. The number of carbonyl (C=O) groups excluding carboxylic acids is 2. The monoisotopic (exact) mass is 667 g/mol. The van der Waals surface area contributed by atoms with Crippen LogP contribution in [0.2, 0.25) is 10.0 Å². The van der Waals surface area contributed by atoms with Gasteiger partial charge >= 0.3 is 6.03 Å². The number of carbonyl (C=O) groups is 2. The number of benzene rings is 2. The highest BCUT2D eigenvalue weighted by Crippen LogP contribution is 2.31. The molecule has 4 rings (SSSR count). The standard InChI is InChI=1S/C32H35Cl2N7O5/c1-4-41-31(44)28(37-32(45)38-29-25(33)18-35-19-26(29)34)17-27(39-41)21-8-5-7-20(13-21)22-14-23(16-24(15-22)46-12-11-42)30(43)36-9-6-10-40(2)3/h5,7-8,13-19,42H,4,6,9-12H2,1-3H3,(H,36,43)(H2,35,37,38,45). The maximum Gasteiger partial charge on any atom is 0.323 e. The summed E-state index contributed by atoms with van der Waals surface area (Å²) in [5, 5.41) is 22.1. The van der Waals surface area contributed by atoms with Crippen molar-refractivity contribution >= 4 is 46.5 Å². The molecule has 3 amide bonds. The van der Waals surface area contributed by atoms with Crippen LogP contribution in [-0.2, 0) is 6.54 Å². The van der Waals surface area contributed by atoms with Gasteiger partial charge in [0.1, 0.15) is 18.0 Å². The van der Waals surface area contributed by atoms with Gasteiger partial charge in [-0.15, -0.1) is 0 Å².